The number of aromatic amines is 2. The van der Waals surface area contributed by atoms with Crippen molar-refractivity contribution in [3.63, 3.8) is 0 Å². The zero-order chi connectivity index (χ0) is 25.2. The second-order valence-electron chi connectivity index (χ2n) is 8.48. The molecule has 0 aliphatic heterocycles. The Kier molecular flexibility index (Phi) is 6.20. The van der Waals surface area contributed by atoms with Gasteiger partial charge in [0.1, 0.15) is 5.69 Å². The van der Waals surface area contributed by atoms with Crippen LogP contribution >= 0.6 is 0 Å². The lowest BCUT2D eigenvalue weighted by atomic mass is 10.1. The Morgan fingerprint density at radius 1 is 0.972 bits per heavy atom. The molecule has 0 saturated heterocycles. The normalized spacial score (nSPS) is 11.2. The average molecular weight is 482 g/mol. The van der Waals surface area contributed by atoms with Gasteiger partial charge >= 0.3 is 0 Å². The van der Waals surface area contributed by atoms with Gasteiger partial charge in [0.05, 0.1) is 17.6 Å². The molecule has 9 nitrogen and oxygen atoms in total. The lowest BCUT2D eigenvalue weighted by Gasteiger charge is -2.18. The minimum atomic E-state index is -0.0719. The molecule has 5 rings (SSSR count). The molecule has 0 radical (unpaired) electrons. The molecule has 5 aromatic rings. The van der Waals surface area contributed by atoms with E-state index in [-0.39, 0.29) is 11.8 Å². The molecule has 1 aromatic carbocycles. The summed E-state index contributed by atoms with van der Waals surface area (Å²) in [6, 6.07) is 11.5. The van der Waals surface area contributed by atoms with Crippen molar-refractivity contribution < 1.29 is 9.59 Å². The van der Waals surface area contributed by atoms with E-state index in [0.717, 1.165) is 33.1 Å². The number of amides is 2. The van der Waals surface area contributed by atoms with Crippen molar-refractivity contribution >= 4 is 39.4 Å². The summed E-state index contributed by atoms with van der Waals surface area (Å²) in [5, 5.41) is 12.0. The summed E-state index contributed by atoms with van der Waals surface area (Å²) in [4.78, 5) is 38.9. The number of nitrogens with zero attached hydrogens (tertiary/aromatic N) is 4. The molecule has 3 N–H and O–H groups in total. The molecule has 4 heterocycles. The van der Waals surface area contributed by atoms with Crippen LogP contribution in [0.3, 0.4) is 0 Å². The molecule has 0 spiro atoms. The maximum atomic E-state index is 13.1. The zero-order valence-corrected chi connectivity index (χ0v) is 20.4. The third kappa shape index (κ3) is 4.19. The molecule has 0 atom stereocenters. The Morgan fingerprint density at radius 2 is 1.78 bits per heavy atom. The van der Waals surface area contributed by atoms with Gasteiger partial charge in [0, 0.05) is 64.9 Å². The first-order valence-corrected chi connectivity index (χ1v) is 12.0. The summed E-state index contributed by atoms with van der Waals surface area (Å²) < 4.78 is 0. The average Bonchev–Trinajstić information content (AvgIpc) is 3.53. The third-order valence-electron chi connectivity index (χ3n) is 6.29. The van der Waals surface area contributed by atoms with Crippen LogP contribution in [0.4, 0.5) is 5.69 Å². The predicted octanol–water partition coefficient (Wildman–Crippen LogP) is 5.00. The molecule has 4 aromatic heterocycles. The summed E-state index contributed by atoms with van der Waals surface area (Å²) in [5.41, 5.74) is 5.98. The van der Waals surface area contributed by atoms with Crippen LogP contribution in [0, 0.1) is 0 Å². The van der Waals surface area contributed by atoms with Crippen molar-refractivity contribution in [1.29, 1.82) is 0 Å². The summed E-state index contributed by atoms with van der Waals surface area (Å²) >= 11 is 0. The number of H-pyrrole nitrogens is 2. The van der Waals surface area contributed by atoms with E-state index >= 15 is 0 Å². The highest BCUT2D eigenvalue weighted by atomic mass is 16.2. The number of pyridine rings is 2. The van der Waals surface area contributed by atoms with Crippen molar-refractivity contribution in [2.45, 2.75) is 27.2 Å². The van der Waals surface area contributed by atoms with Crippen molar-refractivity contribution in [2.75, 3.05) is 18.4 Å². The van der Waals surface area contributed by atoms with Gasteiger partial charge in [0.2, 0.25) is 5.91 Å². The van der Waals surface area contributed by atoms with Crippen LogP contribution in [0.1, 0.15) is 37.6 Å². The molecule has 0 fully saturated rings. The van der Waals surface area contributed by atoms with Gasteiger partial charge in [-0.3, -0.25) is 19.7 Å². The van der Waals surface area contributed by atoms with E-state index in [0.29, 0.717) is 42.1 Å². The standard InChI is InChI=1S/C27H27N7O2/c1-4-24(35)30-18-10-16(13-28-15-18)17-11-21-25(32-33-26(21)29-14-17)23-12-20-19(8-7-9-22(20)31-23)27(36)34(5-2)6-3/h7-15,31H,4-6H2,1-3H3,(H,30,35)(H,29,32,33). The molecule has 0 saturated carbocycles. The van der Waals surface area contributed by atoms with Gasteiger partial charge in [0.15, 0.2) is 5.65 Å². The van der Waals surface area contributed by atoms with Gasteiger partial charge in [-0.25, -0.2) is 4.98 Å². The molecule has 0 unspecified atom stereocenters. The van der Waals surface area contributed by atoms with Crippen molar-refractivity contribution in [1.82, 2.24) is 30.0 Å². The zero-order valence-electron chi connectivity index (χ0n) is 20.4. The summed E-state index contributed by atoms with van der Waals surface area (Å²) in [6.45, 7) is 7.07. The molecular formula is C27H27N7O2. The third-order valence-corrected chi connectivity index (χ3v) is 6.29. The minimum Gasteiger partial charge on any atom is -0.353 e. The first kappa shape index (κ1) is 23.2. The topological polar surface area (TPSA) is 120 Å². The first-order chi connectivity index (χ1) is 17.5. The fourth-order valence-electron chi connectivity index (χ4n) is 4.33. The van der Waals surface area contributed by atoms with E-state index in [1.165, 1.54) is 0 Å². The maximum absolute atomic E-state index is 13.1. The number of carbonyl (C=O) groups excluding carboxylic acids is 2. The lowest BCUT2D eigenvalue weighted by Crippen LogP contribution is -2.30. The lowest BCUT2D eigenvalue weighted by molar-refractivity contribution is -0.115. The Bertz CT molecular complexity index is 1580. The molecule has 0 aliphatic carbocycles. The number of aromatic nitrogens is 5. The van der Waals surface area contributed by atoms with Gasteiger partial charge in [-0.2, -0.15) is 5.10 Å². The van der Waals surface area contributed by atoms with Gasteiger partial charge in [-0.1, -0.05) is 13.0 Å². The summed E-state index contributed by atoms with van der Waals surface area (Å²) in [5.74, 6) is -0.0631. The largest absolute Gasteiger partial charge is 0.353 e. The Hall–Kier alpha value is -4.53. The van der Waals surface area contributed by atoms with E-state index in [1.807, 2.05) is 55.1 Å². The van der Waals surface area contributed by atoms with Crippen LogP contribution < -0.4 is 5.32 Å². The van der Waals surface area contributed by atoms with Gasteiger partial charge in [0.25, 0.3) is 5.91 Å². The van der Waals surface area contributed by atoms with Crippen molar-refractivity contribution in [3.8, 4) is 22.5 Å². The van der Waals surface area contributed by atoms with Crippen LogP contribution in [0.15, 0.2) is 55.0 Å². The molecule has 9 heteroatoms. The number of anilines is 1. The van der Waals surface area contributed by atoms with Gasteiger partial charge < -0.3 is 15.2 Å². The molecule has 182 valence electrons. The summed E-state index contributed by atoms with van der Waals surface area (Å²) in [6.07, 6.45) is 5.49. The summed E-state index contributed by atoms with van der Waals surface area (Å²) in [7, 11) is 0. The highest BCUT2D eigenvalue weighted by Crippen LogP contribution is 2.32. The number of benzene rings is 1. The van der Waals surface area contributed by atoms with E-state index in [2.05, 4.69) is 30.5 Å². The van der Waals surface area contributed by atoms with Crippen LogP contribution in [0.25, 0.3) is 44.5 Å². The molecule has 2 amide bonds. The van der Waals surface area contributed by atoms with Crippen molar-refractivity contribution in [2.24, 2.45) is 0 Å². The highest BCUT2D eigenvalue weighted by Gasteiger charge is 2.19. The second-order valence-corrected chi connectivity index (χ2v) is 8.48. The number of hydrogen-bond acceptors (Lipinski definition) is 5. The van der Waals surface area contributed by atoms with E-state index < -0.39 is 0 Å². The van der Waals surface area contributed by atoms with Crippen LogP contribution in [-0.2, 0) is 4.79 Å². The van der Waals surface area contributed by atoms with Crippen LogP contribution in [0.2, 0.25) is 0 Å². The molecule has 0 bridgehead atoms. The van der Waals surface area contributed by atoms with E-state index in [4.69, 9.17) is 0 Å². The minimum absolute atomic E-state index is 0.00883. The maximum Gasteiger partial charge on any atom is 0.254 e. The Balaban J connectivity index is 1.56. The van der Waals surface area contributed by atoms with E-state index in [1.54, 1.807) is 25.5 Å². The highest BCUT2D eigenvalue weighted by molar-refractivity contribution is 6.08. The van der Waals surface area contributed by atoms with Crippen molar-refractivity contribution in [3.05, 3.63) is 60.6 Å². The molecule has 0 aliphatic rings. The number of hydrogen-bond donors (Lipinski definition) is 3. The van der Waals surface area contributed by atoms with Gasteiger partial charge in [-0.05, 0) is 44.2 Å². The second kappa shape index (κ2) is 9.61. The number of carbonyl (C=O) groups is 2. The SMILES string of the molecule is CCC(=O)Nc1cncc(-c2cnc3[nH]nc(-c4cc5c(C(=O)N(CC)CC)cccc5[nH]4)c3c2)c1. The fourth-order valence-corrected chi connectivity index (χ4v) is 4.33. The Morgan fingerprint density at radius 3 is 2.56 bits per heavy atom. The smallest absolute Gasteiger partial charge is 0.254 e. The van der Waals surface area contributed by atoms with Gasteiger partial charge in [-0.15, -0.1) is 0 Å². The van der Waals surface area contributed by atoms with Crippen LogP contribution in [-0.4, -0.2) is 55.0 Å². The Labute approximate surface area is 208 Å². The quantitative estimate of drug-likeness (QED) is 0.302. The number of nitrogens with one attached hydrogen (secondary N) is 3. The first-order valence-electron chi connectivity index (χ1n) is 12.0. The molecule has 36 heavy (non-hydrogen) atoms. The molecular weight excluding hydrogens is 454 g/mol. The number of rotatable bonds is 7. The monoisotopic (exact) mass is 481 g/mol. The number of fused-ring (bicyclic) bond motifs is 2. The predicted molar refractivity (Wildman–Crippen MR) is 141 cm³/mol. The van der Waals surface area contributed by atoms with E-state index in [9.17, 15) is 9.59 Å². The van der Waals surface area contributed by atoms with Crippen LogP contribution in [0.5, 0.6) is 0 Å². The fraction of sp³-hybridized carbons (Fsp3) is 0.222.